The van der Waals surface area contributed by atoms with Gasteiger partial charge in [-0.3, -0.25) is 4.79 Å². The van der Waals surface area contributed by atoms with Crippen LogP contribution in [0.4, 0.5) is 5.69 Å². The smallest absolute Gasteiger partial charge is 0.257 e. The lowest BCUT2D eigenvalue weighted by atomic mass is 10.2. The van der Waals surface area contributed by atoms with Crippen LogP contribution in [0.15, 0.2) is 12.3 Å². The highest BCUT2D eigenvalue weighted by Gasteiger charge is 2.25. The van der Waals surface area contributed by atoms with Crippen LogP contribution in [0.25, 0.3) is 0 Å². The molecule has 1 amide bonds. The summed E-state index contributed by atoms with van der Waals surface area (Å²) in [4.78, 5) is 17.8. The van der Waals surface area contributed by atoms with Crippen molar-refractivity contribution in [2.24, 2.45) is 5.92 Å². The molecule has 2 rings (SSSR count). The van der Waals surface area contributed by atoms with E-state index in [0.717, 1.165) is 19.5 Å². The zero-order valence-corrected chi connectivity index (χ0v) is 9.87. The third-order valence-corrected chi connectivity index (χ3v) is 3.10. The number of hydrogen-bond donors (Lipinski definition) is 1. The van der Waals surface area contributed by atoms with E-state index in [1.165, 1.54) is 6.20 Å². The molecular weight excluding hydrogens is 226 g/mol. The molecule has 0 aliphatic carbocycles. The van der Waals surface area contributed by atoms with Crippen molar-refractivity contribution >= 4 is 23.2 Å². The van der Waals surface area contributed by atoms with Crippen LogP contribution in [-0.2, 0) is 0 Å². The van der Waals surface area contributed by atoms with Crippen LogP contribution in [0.5, 0.6) is 0 Å². The van der Waals surface area contributed by atoms with Gasteiger partial charge in [-0.2, -0.15) is 0 Å². The maximum absolute atomic E-state index is 12.1. The lowest BCUT2D eigenvalue weighted by molar-refractivity contribution is 0.0788. The Kier molecular flexibility index (Phi) is 3.01. The van der Waals surface area contributed by atoms with Crippen LogP contribution in [0.3, 0.4) is 0 Å². The third-order valence-electron chi connectivity index (χ3n) is 2.80. The first-order chi connectivity index (χ1) is 7.58. The number of rotatable bonds is 1. The monoisotopic (exact) mass is 239 g/mol. The summed E-state index contributed by atoms with van der Waals surface area (Å²) in [5.74, 6) is 0.478. The van der Waals surface area contributed by atoms with Crippen molar-refractivity contribution in [2.45, 2.75) is 13.3 Å². The summed E-state index contributed by atoms with van der Waals surface area (Å²) in [7, 11) is 0. The highest BCUT2D eigenvalue weighted by molar-refractivity contribution is 6.32. The van der Waals surface area contributed by atoms with Crippen LogP contribution in [0, 0.1) is 5.92 Å². The first-order valence-electron chi connectivity index (χ1n) is 5.28. The molecule has 0 saturated carbocycles. The summed E-state index contributed by atoms with van der Waals surface area (Å²) in [6.45, 7) is 3.70. The molecule has 0 radical (unpaired) electrons. The Morgan fingerprint density at radius 3 is 3.06 bits per heavy atom. The average Bonchev–Trinajstić information content (AvgIpc) is 2.67. The summed E-state index contributed by atoms with van der Waals surface area (Å²) in [6.07, 6.45) is 2.49. The number of pyridine rings is 1. The van der Waals surface area contributed by atoms with E-state index in [4.69, 9.17) is 17.3 Å². The number of nitrogen functional groups attached to an aromatic ring is 1. The van der Waals surface area contributed by atoms with Crippen LogP contribution < -0.4 is 5.73 Å². The van der Waals surface area contributed by atoms with Gasteiger partial charge in [0, 0.05) is 13.1 Å². The van der Waals surface area contributed by atoms with Gasteiger partial charge in [0.2, 0.25) is 0 Å². The molecule has 1 atom stereocenters. The van der Waals surface area contributed by atoms with Crippen LogP contribution in [-0.4, -0.2) is 28.9 Å². The van der Waals surface area contributed by atoms with Gasteiger partial charge in [0.1, 0.15) is 5.15 Å². The number of halogens is 1. The Morgan fingerprint density at radius 1 is 1.69 bits per heavy atom. The summed E-state index contributed by atoms with van der Waals surface area (Å²) in [6, 6.07) is 1.58. The number of aromatic nitrogens is 1. The molecule has 4 nitrogen and oxygen atoms in total. The van der Waals surface area contributed by atoms with Gasteiger partial charge >= 0.3 is 0 Å². The second kappa shape index (κ2) is 4.29. The number of nitrogens with zero attached hydrogens (tertiary/aromatic N) is 2. The molecule has 0 spiro atoms. The number of anilines is 1. The fourth-order valence-electron chi connectivity index (χ4n) is 1.90. The van der Waals surface area contributed by atoms with E-state index in [-0.39, 0.29) is 11.1 Å². The fourth-order valence-corrected chi connectivity index (χ4v) is 2.09. The molecule has 5 heteroatoms. The molecule has 1 saturated heterocycles. The maximum atomic E-state index is 12.1. The van der Waals surface area contributed by atoms with Crippen LogP contribution in [0.1, 0.15) is 23.7 Å². The molecule has 2 N–H and O–H groups in total. The van der Waals surface area contributed by atoms with E-state index >= 15 is 0 Å². The number of nitrogens with two attached hydrogens (primary N) is 1. The van der Waals surface area contributed by atoms with E-state index in [0.29, 0.717) is 17.2 Å². The fraction of sp³-hybridized carbons (Fsp3) is 0.455. The highest BCUT2D eigenvalue weighted by Crippen LogP contribution is 2.22. The molecular formula is C11H14ClN3O. The van der Waals surface area contributed by atoms with Gasteiger partial charge in [-0.15, -0.1) is 0 Å². The number of likely N-dealkylation sites (tertiary alicyclic amines) is 1. The Morgan fingerprint density at radius 2 is 2.44 bits per heavy atom. The maximum Gasteiger partial charge on any atom is 0.257 e. The van der Waals surface area contributed by atoms with Crippen molar-refractivity contribution < 1.29 is 4.79 Å². The first-order valence-corrected chi connectivity index (χ1v) is 5.66. The lowest BCUT2D eigenvalue weighted by Gasteiger charge is -2.16. The van der Waals surface area contributed by atoms with Crippen molar-refractivity contribution in [1.29, 1.82) is 0 Å². The van der Waals surface area contributed by atoms with Crippen LogP contribution >= 0.6 is 11.6 Å². The van der Waals surface area contributed by atoms with Gasteiger partial charge in [-0.1, -0.05) is 18.5 Å². The Bertz CT molecular complexity index is 422. The van der Waals surface area contributed by atoms with E-state index < -0.39 is 0 Å². The topological polar surface area (TPSA) is 59.2 Å². The predicted octanol–water partition coefficient (Wildman–Crippen LogP) is 1.80. The minimum Gasteiger partial charge on any atom is -0.397 e. The van der Waals surface area contributed by atoms with E-state index in [1.54, 1.807) is 11.0 Å². The summed E-state index contributed by atoms with van der Waals surface area (Å²) >= 11 is 5.89. The predicted molar refractivity (Wildman–Crippen MR) is 63.3 cm³/mol. The van der Waals surface area contributed by atoms with Gasteiger partial charge in [0.25, 0.3) is 5.91 Å². The first kappa shape index (κ1) is 11.2. The van der Waals surface area contributed by atoms with Crippen LogP contribution in [0.2, 0.25) is 5.15 Å². The number of hydrogen-bond acceptors (Lipinski definition) is 3. The van der Waals surface area contributed by atoms with E-state index in [1.807, 2.05) is 0 Å². The molecule has 1 fully saturated rings. The molecule has 16 heavy (non-hydrogen) atoms. The zero-order chi connectivity index (χ0) is 11.7. The quantitative estimate of drug-likeness (QED) is 0.761. The van der Waals surface area contributed by atoms with Crippen molar-refractivity contribution in [3.05, 3.63) is 23.0 Å². The molecule has 1 unspecified atom stereocenters. The number of carbonyl (C=O) groups excluding carboxylic acids is 1. The highest BCUT2D eigenvalue weighted by atomic mass is 35.5. The summed E-state index contributed by atoms with van der Waals surface area (Å²) in [5.41, 5.74) is 6.46. The molecule has 1 aliphatic rings. The molecule has 1 aromatic rings. The Balaban J connectivity index is 2.23. The Hall–Kier alpha value is -1.29. The third kappa shape index (κ3) is 2.11. The normalized spacial score (nSPS) is 20.1. The largest absolute Gasteiger partial charge is 0.397 e. The molecule has 2 heterocycles. The number of carbonyl (C=O) groups is 1. The minimum absolute atomic E-state index is 0.0749. The molecule has 0 aromatic carbocycles. The zero-order valence-electron chi connectivity index (χ0n) is 9.11. The van der Waals surface area contributed by atoms with Gasteiger partial charge in [-0.05, 0) is 18.4 Å². The van der Waals surface area contributed by atoms with Gasteiger partial charge < -0.3 is 10.6 Å². The molecule has 1 aromatic heterocycles. The van der Waals surface area contributed by atoms with Crippen molar-refractivity contribution in [3.8, 4) is 0 Å². The Labute approximate surface area is 99.4 Å². The molecule has 0 bridgehead atoms. The van der Waals surface area contributed by atoms with Crippen molar-refractivity contribution in [1.82, 2.24) is 9.88 Å². The molecule has 86 valence electrons. The lowest BCUT2D eigenvalue weighted by Crippen LogP contribution is -2.28. The summed E-state index contributed by atoms with van der Waals surface area (Å²) < 4.78 is 0. The minimum atomic E-state index is -0.0749. The van der Waals surface area contributed by atoms with Gasteiger partial charge in [0.15, 0.2) is 0 Å². The molecule has 1 aliphatic heterocycles. The van der Waals surface area contributed by atoms with Crippen molar-refractivity contribution in [2.75, 3.05) is 18.8 Å². The van der Waals surface area contributed by atoms with E-state index in [9.17, 15) is 4.79 Å². The summed E-state index contributed by atoms with van der Waals surface area (Å²) in [5, 5.41) is 0.221. The average molecular weight is 240 g/mol. The second-order valence-corrected chi connectivity index (χ2v) is 4.61. The number of amides is 1. The van der Waals surface area contributed by atoms with Gasteiger partial charge in [0.05, 0.1) is 17.4 Å². The van der Waals surface area contributed by atoms with Gasteiger partial charge in [-0.25, -0.2) is 4.98 Å². The second-order valence-electron chi connectivity index (χ2n) is 4.25. The van der Waals surface area contributed by atoms with Crippen molar-refractivity contribution in [3.63, 3.8) is 0 Å². The SMILES string of the molecule is CC1CCN(C(=O)c2cc(N)cnc2Cl)C1. The van der Waals surface area contributed by atoms with E-state index in [2.05, 4.69) is 11.9 Å². The standard InChI is InChI=1S/C11H14ClN3O/c1-7-2-3-15(6-7)11(16)9-4-8(13)5-14-10(9)12/h4-5,7H,2-3,6,13H2,1H3.